The Morgan fingerprint density at radius 1 is 1.16 bits per heavy atom. The molecule has 0 bridgehead atoms. The minimum absolute atomic E-state index is 0.151. The van der Waals surface area contributed by atoms with Gasteiger partial charge in [-0.2, -0.15) is 0 Å². The summed E-state index contributed by atoms with van der Waals surface area (Å²) in [5.74, 6) is 0.558. The summed E-state index contributed by atoms with van der Waals surface area (Å²) in [6.45, 7) is 0.599. The Balaban J connectivity index is 1.86. The highest BCUT2D eigenvalue weighted by Crippen LogP contribution is 2.33. The molecule has 0 saturated carbocycles. The van der Waals surface area contributed by atoms with E-state index in [0.717, 1.165) is 5.56 Å². The largest absolute Gasteiger partial charge is 0.497 e. The van der Waals surface area contributed by atoms with Gasteiger partial charge < -0.3 is 29.7 Å². The number of amides is 3. The summed E-state index contributed by atoms with van der Waals surface area (Å²) >= 11 is 0. The van der Waals surface area contributed by atoms with Crippen molar-refractivity contribution >= 4 is 11.9 Å². The number of carbonyl (C=O) groups is 2. The summed E-state index contributed by atoms with van der Waals surface area (Å²) in [5.41, 5.74) is 1.96. The van der Waals surface area contributed by atoms with E-state index in [9.17, 15) is 9.59 Å². The SMILES string of the molecule is COc1ccc([C@H]2NC(=O)NC3=C2C(=O)N(CC(OC)OC)C3)cc1. The van der Waals surface area contributed by atoms with Gasteiger partial charge in [-0.15, -0.1) is 0 Å². The van der Waals surface area contributed by atoms with Crippen molar-refractivity contribution in [2.24, 2.45) is 0 Å². The van der Waals surface area contributed by atoms with Crippen molar-refractivity contribution in [3.8, 4) is 5.75 Å². The molecule has 0 unspecified atom stereocenters. The molecule has 0 fully saturated rings. The number of benzene rings is 1. The van der Waals surface area contributed by atoms with Gasteiger partial charge in [0.05, 0.1) is 37.5 Å². The van der Waals surface area contributed by atoms with Crippen molar-refractivity contribution in [2.45, 2.75) is 12.3 Å². The van der Waals surface area contributed by atoms with Crippen molar-refractivity contribution in [2.75, 3.05) is 34.4 Å². The second kappa shape index (κ2) is 7.12. The molecular formula is C17H21N3O5. The second-order valence-corrected chi connectivity index (χ2v) is 5.78. The Morgan fingerprint density at radius 3 is 2.44 bits per heavy atom. The molecule has 0 aliphatic carbocycles. The Bertz CT molecular complexity index is 697. The van der Waals surface area contributed by atoms with E-state index in [4.69, 9.17) is 14.2 Å². The molecule has 1 aromatic rings. The normalized spacial score (nSPS) is 19.8. The predicted octanol–water partition coefficient (Wildman–Crippen LogP) is 0.764. The molecule has 8 heteroatoms. The van der Waals surface area contributed by atoms with Crippen molar-refractivity contribution in [1.82, 2.24) is 15.5 Å². The van der Waals surface area contributed by atoms with E-state index in [-0.39, 0.29) is 18.5 Å². The number of hydrogen-bond donors (Lipinski definition) is 2. The standard InChI is InChI=1S/C17H21N3O5/c1-23-11-6-4-10(5-7-11)15-14-12(18-17(22)19-15)8-20(16(14)21)9-13(24-2)25-3/h4-7,13,15H,8-9H2,1-3H3,(H2,18,19,22)/t15-/m1/s1. The molecule has 2 N–H and O–H groups in total. The van der Waals surface area contributed by atoms with Crippen LogP contribution >= 0.6 is 0 Å². The van der Waals surface area contributed by atoms with Crippen LogP contribution in [0, 0.1) is 0 Å². The van der Waals surface area contributed by atoms with E-state index in [0.29, 0.717) is 23.6 Å². The van der Waals surface area contributed by atoms with E-state index in [1.807, 2.05) is 12.1 Å². The highest BCUT2D eigenvalue weighted by molar-refractivity contribution is 6.01. The van der Waals surface area contributed by atoms with Crippen LogP contribution in [0.15, 0.2) is 35.5 Å². The molecule has 0 radical (unpaired) electrons. The predicted molar refractivity (Wildman–Crippen MR) is 88.8 cm³/mol. The average Bonchev–Trinajstić information content (AvgIpc) is 2.94. The van der Waals surface area contributed by atoms with Gasteiger partial charge >= 0.3 is 6.03 Å². The summed E-state index contributed by atoms with van der Waals surface area (Å²) in [6.07, 6.45) is -0.520. The molecule has 2 aliphatic rings. The fourth-order valence-electron chi connectivity index (χ4n) is 3.05. The monoisotopic (exact) mass is 347 g/mol. The summed E-state index contributed by atoms with van der Waals surface area (Å²) in [6, 6.07) is 6.44. The zero-order chi connectivity index (χ0) is 18.0. The van der Waals surface area contributed by atoms with Gasteiger partial charge in [0.15, 0.2) is 6.29 Å². The third kappa shape index (κ3) is 3.31. The highest BCUT2D eigenvalue weighted by atomic mass is 16.7. The van der Waals surface area contributed by atoms with Crippen LogP contribution in [0.2, 0.25) is 0 Å². The number of nitrogens with one attached hydrogen (secondary N) is 2. The van der Waals surface area contributed by atoms with Crippen LogP contribution in [-0.4, -0.2) is 57.5 Å². The summed E-state index contributed by atoms with van der Waals surface area (Å²) < 4.78 is 15.5. The van der Waals surface area contributed by atoms with E-state index < -0.39 is 12.3 Å². The van der Waals surface area contributed by atoms with Crippen LogP contribution < -0.4 is 15.4 Å². The molecule has 8 nitrogen and oxygen atoms in total. The van der Waals surface area contributed by atoms with Gasteiger partial charge in [0.2, 0.25) is 0 Å². The van der Waals surface area contributed by atoms with Crippen LogP contribution in [-0.2, 0) is 14.3 Å². The Morgan fingerprint density at radius 2 is 1.84 bits per heavy atom. The average molecular weight is 347 g/mol. The maximum atomic E-state index is 12.9. The van der Waals surface area contributed by atoms with Crippen molar-refractivity contribution < 1.29 is 23.8 Å². The van der Waals surface area contributed by atoms with Crippen LogP contribution in [0.1, 0.15) is 11.6 Å². The van der Waals surface area contributed by atoms with Crippen molar-refractivity contribution in [3.05, 3.63) is 41.1 Å². The smallest absolute Gasteiger partial charge is 0.319 e. The Kier molecular flexibility index (Phi) is 4.91. The number of hydrogen-bond acceptors (Lipinski definition) is 5. The Hall–Kier alpha value is -2.58. The second-order valence-electron chi connectivity index (χ2n) is 5.78. The summed E-state index contributed by atoms with van der Waals surface area (Å²) in [5, 5.41) is 5.55. The fraction of sp³-hybridized carbons (Fsp3) is 0.412. The Labute approximate surface area is 145 Å². The number of carbonyl (C=O) groups excluding carboxylic acids is 2. The molecule has 0 saturated heterocycles. The van der Waals surface area contributed by atoms with Gasteiger partial charge in [-0.05, 0) is 17.7 Å². The first-order valence-electron chi connectivity index (χ1n) is 7.86. The van der Waals surface area contributed by atoms with Crippen LogP contribution in [0.25, 0.3) is 0 Å². The van der Waals surface area contributed by atoms with Gasteiger partial charge in [0.25, 0.3) is 5.91 Å². The topological polar surface area (TPSA) is 89.1 Å². The van der Waals surface area contributed by atoms with Crippen molar-refractivity contribution in [1.29, 1.82) is 0 Å². The van der Waals surface area contributed by atoms with Gasteiger partial charge in [0.1, 0.15) is 5.75 Å². The number of urea groups is 1. The lowest BCUT2D eigenvalue weighted by Gasteiger charge is -2.26. The maximum Gasteiger partial charge on any atom is 0.319 e. The first-order chi connectivity index (χ1) is 12.1. The molecule has 2 aliphatic heterocycles. The van der Waals surface area contributed by atoms with E-state index in [2.05, 4.69) is 10.6 Å². The molecule has 25 heavy (non-hydrogen) atoms. The first-order valence-corrected chi connectivity index (χ1v) is 7.86. The summed E-state index contributed by atoms with van der Waals surface area (Å²) in [7, 11) is 4.62. The van der Waals surface area contributed by atoms with Crippen LogP contribution in [0.5, 0.6) is 5.75 Å². The zero-order valence-corrected chi connectivity index (χ0v) is 14.4. The molecular weight excluding hydrogens is 326 g/mol. The van der Waals surface area contributed by atoms with Crippen LogP contribution in [0.3, 0.4) is 0 Å². The third-order valence-corrected chi connectivity index (χ3v) is 4.36. The molecule has 1 aromatic carbocycles. The first kappa shape index (κ1) is 17.2. The van der Waals surface area contributed by atoms with Gasteiger partial charge in [-0.25, -0.2) is 4.79 Å². The van der Waals surface area contributed by atoms with Gasteiger partial charge in [-0.3, -0.25) is 4.79 Å². The summed E-state index contributed by atoms with van der Waals surface area (Å²) in [4.78, 5) is 26.5. The molecule has 0 aromatic heterocycles. The van der Waals surface area contributed by atoms with Gasteiger partial charge in [-0.1, -0.05) is 12.1 Å². The van der Waals surface area contributed by atoms with Crippen molar-refractivity contribution in [3.63, 3.8) is 0 Å². The number of nitrogens with zero attached hydrogens (tertiary/aromatic N) is 1. The minimum atomic E-state index is -0.520. The van der Waals surface area contributed by atoms with E-state index in [1.54, 1.807) is 24.1 Å². The molecule has 134 valence electrons. The lowest BCUT2D eigenvalue weighted by molar-refractivity contribution is -0.140. The lowest BCUT2D eigenvalue weighted by Crippen LogP contribution is -2.44. The molecule has 3 amide bonds. The lowest BCUT2D eigenvalue weighted by atomic mass is 9.96. The van der Waals surface area contributed by atoms with E-state index in [1.165, 1.54) is 14.2 Å². The number of rotatable bonds is 6. The van der Waals surface area contributed by atoms with Crippen LogP contribution in [0.4, 0.5) is 4.79 Å². The van der Waals surface area contributed by atoms with E-state index >= 15 is 0 Å². The number of methoxy groups -OCH3 is 3. The fourth-order valence-corrected chi connectivity index (χ4v) is 3.05. The zero-order valence-electron chi connectivity index (χ0n) is 14.4. The highest BCUT2D eigenvalue weighted by Gasteiger charge is 2.40. The molecule has 2 heterocycles. The quantitative estimate of drug-likeness (QED) is 0.742. The minimum Gasteiger partial charge on any atom is -0.497 e. The molecule has 0 spiro atoms. The number of ether oxygens (including phenoxy) is 3. The maximum absolute atomic E-state index is 12.9. The molecule has 3 rings (SSSR count). The van der Waals surface area contributed by atoms with Gasteiger partial charge in [0, 0.05) is 14.2 Å². The third-order valence-electron chi connectivity index (χ3n) is 4.36. The molecule has 1 atom stereocenters.